The monoisotopic (exact) mass is 320 g/mol. The molecule has 1 rings (SSSR count). The molecule has 1 radical (unpaired) electrons. The van der Waals surface area contributed by atoms with Gasteiger partial charge in [-0.05, 0) is 17.7 Å². The van der Waals surface area contributed by atoms with Crippen LogP contribution >= 0.6 is 0 Å². The number of aliphatic hydroxyl groups excluding tert-OH is 1. The van der Waals surface area contributed by atoms with Gasteiger partial charge in [-0.2, -0.15) is 29.8 Å². The van der Waals surface area contributed by atoms with Crippen molar-refractivity contribution in [1.82, 2.24) is 0 Å². The fourth-order valence-electron chi connectivity index (χ4n) is 1.41. The van der Waals surface area contributed by atoms with Gasteiger partial charge in [0.15, 0.2) is 0 Å². The number of nitrogens with two attached hydrogens (primary N) is 1. The van der Waals surface area contributed by atoms with Gasteiger partial charge in [0.05, 0.1) is 13.2 Å². The van der Waals surface area contributed by atoms with Crippen molar-refractivity contribution in [3.8, 4) is 0 Å². The summed E-state index contributed by atoms with van der Waals surface area (Å²) in [6.07, 6.45) is 3.19. The van der Waals surface area contributed by atoms with Crippen LogP contribution in [0.4, 0.5) is 0 Å². The number of rotatable bonds is 5. The van der Waals surface area contributed by atoms with E-state index in [0.29, 0.717) is 12.5 Å². The second-order valence-electron chi connectivity index (χ2n) is 4.07. The largest absolute Gasteiger partial charge is 0.405 e. The molecule has 0 unspecified atom stereocenters. The molecular weight excluding hydrogens is 301 g/mol. The molecule has 18 heavy (non-hydrogen) atoms. The van der Waals surface area contributed by atoms with Crippen LogP contribution in [0.2, 0.25) is 0 Å². The fourth-order valence-corrected chi connectivity index (χ4v) is 1.41. The Kier molecular flexibility index (Phi) is 9.16. The molecule has 3 N–H and O–H groups in total. The SMILES string of the molecule is CC(C)c1[c-]cc(/C(C=NCCO)=C/N)cc1.[Y]. The summed E-state index contributed by atoms with van der Waals surface area (Å²) in [5.41, 5.74) is 8.56. The Balaban J connectivity index is 0.00000289. The predicted octanol–water partition coefficient (Wildman–Crippen LogP) is 1.97. The molecule has 4 heteroatoms. The van der Waals surface area contributed by atoms with Crippen LogP contribution < -0.4 is 5.73 Å². The molecule has 3 nitrogen and oxygen atoms in total. The van der Waals surface area contributed by atoms with E-state index >= 15 is 0 Å². The van der Waals surface area contributed by atoms with Crippen molar-refractivity contribution >= 4 is 11.8 Å². The number of nitrogens with zero attached hydrogens (tertiary/aromatic N) is 1. The molecule has 0 spiro atoms. The average molecular weight is 320 g/mol. The summed E-state index contributed by atoms with van der Waals surface area (Å²) in [6, 6.07) is 9.20. The molecular formula is C14H19N2OY-. The van der Waals surface area contributed by atoms with E-state index in [0.717, 1.165) is 11.1 Å². The molecule has 95 valence electrons. The average Bonchev–Trinajstić information content (AvgIpc) is 2.35. The Morgan fingerprint density at radius 2 is 2.22 bits per heavy atom. The number of hydrogen-bond acceptors (Lipinski definition) is 3. The topological polar surface area (TPSA) is 58.6 Å². The summed E-state index contributed by atoms with van der Waals surface area (Å²) in [5.74, 6) is 0.470. The van der Waals surface area contributed by atoms with Crippen molar-refractivity contribution < 1.29 is 37.8 Å². The van der Waals surface area contributed by atoms with Gasteiger partial charge in [-0.3, -0.25) is 4.99 Å². The first-order valence-corrected chi connectivity index (χ1v) is 5.73. The van der Waals surface area contributed by atoms with Gasteiger partial charge in [-0.25, -0.2) is 0 Å². The Hall–Kier alpha value is -0.506. The van der Waals surface area contributed by atoms with E-state index in [1.54, 1.807) is 6.21 Å². The van der Waals surface area contributed by atoms with Gasteiger partial charge in [0.25, 0.3) is 0 Å². The Bertz CT molecular complexity index is 397. The number of allylic oxidation sites excluding steroid dienone is 1. The third-order valence-electron chi connectivity index (χ3n) is 2.43. The van der Waals surface area contributed by atoms with Gasteiger partial charge in [-0.1, -0.05) is 13.8 Å². The third kappa shape index (κ3) is 5.43. The smallest absolute Gasteiger partial charge is 0.0626 e. The summed E-state index contributed by atoms with van der Waals surface area (Å²) >= 11 is 0. The summed E-state index contributed by atoms with van der Waals surface area (Å²) in [5, 5.41) is 8.65. The Morgan fingerprint density at radius 1 is 1.50 bits per heavy atom. The first-order chi connectivity index (χ1) is 8.19. The number of hydrogen-bond donors (Lipinski definition) is 2. The van der Waals surface area contributed by atoms with Crippen LogP contribution in [-0.2, 0) is 32.7 Å². The van der Waals surface area contributed by atoms with Crippen LogP contribution in [0.15, 0.2) is 29.4 Å². The minimum atomic E-state index is 0. The van der Waals surface area contributed by atoms with E-state index in [4.69, 9.17) is 10.8 Å². The first kappa shape index (κ1) is 17.5. The second kappa shape index (κ2) is 9.43. The molecule has 0 aliphatic rings. The predicted molar refractivity (Wildman–Crippen MR) is 72.0 cm³/mol. The van der Waals surface area contributed by atoms with Crippen LogP contribution in [0.5, 0.6) is 0 Å². The summed E-state index contributed by atoms with van der Waals surface area (Å²) < 4.78 is 0. The van der Waals surface area contributed by atoms with Crippen molar-refractivity contribution in [2.45, 2.75) is 19.8 Å². The summed E-state index contributed by atoms with van der Waals surface area (Å²) in [7, 11) is 0. The van der Waals surface area contributed by atoms with E-state index < -0.39 is 0 Å². The standard InChI is InChI=1S/C14H19N2O.Y/c1-11(2)12-3-5-13(6-4-12)14(9-15)10-16-7-8-17;/h3,5-6,9-11,17H,7-8,15H2,1-2H3;/q-1;/b14-9+,16-10?;. The third-order valence-corrected chi connectivity index (χ3v) is 2.43. The van der Waals surface area contributed by atoms with Crippen LogP contribution in [-0.4, -0.2) is 24.5 Å². The maximum Gasteiger partial charge on any atom is 0.0626 e. The molecule has 0 saturated carbocycles. The van der Waals surface area contributed by atoms with E-state index in [1.165, 1.54) is 11.8 Å². The van der Waals surface area contributed by atoms with E-state index in [1.807, 2.05) is 18.2 Å². The fraction of sp³-hybridized carbons (Fsp3) is 0.357. The number of aliphatic hydroxyl groups is 1. The zero-order valence-corrected chi connectivity index (χ0v) is 13.8. The van der Waals surface area contributed by atoms with Crippen molar-refractivity contribution in [3.05, 3.63) is 41.6 Å². The maximum absolute atomic E-state index is 8.65. The maximum atomic E-state index is 8.65. The molecule has 0 heterocycles. The minimum Gasteiger partial charge on any atom is -0.405 e. The number of aliphatic imine (C=N–C) groups is 1. The van der Waals surface area contributed by atoms with Crippen LogP contribution in [0.3, 0.4) is 0 Å². The van der Waals surface area contributed by atoms with Gasteiger partial charge in [-0.15, -0.1) is 5.56 Å². The molecule has 1 aromatic rings. The van der Waals surface area contributed by atoms with Gasteiger partial charge in [0.2, 0.25) is 0 Å². The van der Waals surface area contributed by atoms with Crippen LogP contribution in [0.25, 0.3) is 5.57 Å². The van der Waals surface area contributed by atoms with E-state index in [2.05, 4.69) is 24.9 Å². The van der Waals surface area contributed by atoms with E-state index in [-0.39, 0.29) is 39.3 Å². The van der Waals surface area contributed by atoms with Gasteiger partial charge >= 0.3 is 0 Å². The minimum absolute atomic E-state index is 0. The molecule has 0 atom stereocenters. The normalized spacial score (nSPS) is 11.9. The van der Waals surface area contributed by atoms with Gasteiger partial charge in [0.1, 0.15) is 0 Å². The van der Waals surface area contributed by atoms with E-state index in [9.17, 15) is 0 Å². The van der Waals surface area contributed by atoms with Crippen molar-refractivity contribution in [3.63, 3.8) is 0 Å². The Morgan fingerprint density at radius 3 is 2.67 bits per heavy atom. The zero-order valence-electron chi connectivity index (χ0n) is 10.9. The first-order valence-electron chi connectivity index (χ1n) is 5.73. The van der Waals surface area contributed by atoms with Crippen molar-refractivity contribution in [2.24, 2.45) is 10.7 Å². The molecule has 0 aliphatic heterocycles. The van der Waals surface area contributed by atoms with Gasteiger partial charge in [0, 0.05) is 38.9 Å². The molecule has 0 aromatic heterocycles. The zero-order chi connectivity index (χ0) is 12.7. The van der Waals surface area contributed by atoms with Crippen molar-refractivity contribution in [1.29, 1.82) is 0 Å². The van der Waals surface area contributed by atoms with Crippen LogP contribution in [0, 0.1) is 6.07 Å². The molecule has 1 aromatic carbocycles. The van der Waals surface area contributed by atoms with Gasteiger partial charge < -0.3 is 10.8 Å². The molecule has 0 amide bonds. The number of benzene rings is 1. The second-order valence-corrected chi connectivity index (χ2v) is 4.07. The quantitative estimate of drug-likeness (QED) is 0.644. The molecule has 0 saturated heterocycles. The van der Waals surface area contributed by atoms with Crippen molar-refractivity contribution in [2.75, 3.05) is 13.2 Å². The van der Waals surface area contributed by atoms with Crippen LogP contribution in [0.1, 0.15) is 30.9 Å². The summed E-state index contributed by atoms with van der Waals surface area (Å²) in [6.45, 7) is 4.71. The molecule has 0 aliphatic carbocycles. The summed E-state index contributed by atoms with van der Waals surface area (Å²) in [4.78, 5) is 4.06. The molecule has 0 fully saturated rings. The molecule has 0 bridgehead atoms. The Labute approximate surface area is 134 Å².